The van der Waals surface area contributed by atoms with Crippen LogP contribution in [0.15, 0.2) is 36.5 Å². The van der Waals surface area contributed by atoms with E-state index in [4.69, 9.17) is 4.74 Å². The number of pyridine rings is 1. The van der Waals surface area contributed by atoms with Crippen molar-refractivity contribution in [1.82, 2.24) is 10.3 Å². The summed E-state index contributed by atoms with van der Waals surface area (Å²) in [5.74, 6) is 0.585. The second-order valence-corrected chi connectivity index (χ2v) is 4.96. The second kappa shape index (κ2) is 6.80. The van der Waals surface area contributed by atoms with Crippen LogP contribution < -0.4 is 15.0 Å². The number of benzene rings is 1. The Morgan fingerprint density at radius 3 is 2.68 bits per heavy atom. The number of hydrogen-bond acceptors (Lipinski definition) is 5. The zero-order chi connectivity index (χ0) is 16.1. The summed E-state index contributed by atoms with van der Waals surface area (Å²) in [5, 5.41) is 12.7. The zero-order valence-electron chi connectivity index (χ0n) is 12.8. The van der Waals surface area contributed by atoms with E-state index in [0.29, 0.717) is 6.54 Å². The van der Waals surface area contributed by atoms with Gasteiger partial charge in [-0.25, -0.2) is 4.98 Å². The lowest BCUT2D eigenvalue weighted by atomic mass is 10.1. The number of rotatable bonds is 5. The van der Waals surface area contributed by atoms with Crippen molar-refractivity contribution in [3.8, 4) is 11.5 Å². The van der Waals surface area contributed by atoms with Gasteiger partial charge in [-0.2, -0.15) is 0 Å². The molecule has 0 saturated heterocycles. The van der Waals surface area contributed by atoms with E-state index in [1.807, 2.05) is 31.1 Å². The van der Waals surface area contributed by atoms with Crippen LogP contribution in [-0.4, -0.2) is 37.2 Å². The fourth-order valence-corrected chi connectivity index (χ4v) is 1.93. The van der Waals surface area contributed by atoms with Crippen molar-refractivity contribution in [3.05, 3.63) is 47.7 Å². The van der Waals surface area contributed by atoms with Crippen molar-refractivity contribution in [2.45, 2.75) is 6.54 Å². The maximum Gasteiger partial charge on any atom is 0.255 e. The summed E-state index contributed by atoms with van der Waals surface area (Å²) in [7, 11) is 5.26. The Morgan fingerprint density at radius 2 is 2.09 bits per heavy atom. The molecule has 116 valence electrons. The fraction of sp³-hybridized carbons (Fsp3) is 0.250. The van der Waals surface area contributed by atoms with Gasteiger partial charge in [-0.15, -0.1) is 0 Å². The highest BCUT2D eigenvalue weighted by molar-refractivity contribution is 5.97. The van der Waals surface area contributed by atoms with Crippen LogP contribution in [0.2, 0.25) is 0 Å². The molecule has 1 heterocycles. The standard InChI is InChI=1S/C16H19N3O3/c1-19(2)14-8-7-11(9-17-14)10-18-16(21)12-5-4-6-13(22-3)15(12)20/h4-9,20H,10H2,1-3H3,(H,18,21). The number of ether oxygens (including phenoxy) is 1. The smallest absolute Gasteiger partial charge is 0.255 e. The first-order chi connectivity index (χ1) is 10.5. The number of nitrogens with zero attached hydrogens (tertiary/aromatic N) is 2. The van der Waals surface area contributed by atoms with Gasteiger partial charge in [0, 0.05) is 26.8 Å². The van der Waals surface area contributed by atoms with E-state index in [-0.39, 0.29) is 23.0 Å². The number of carbonyl (C=O) groups is 1. The number of hydrogen-bond donors (Lipinski definition) is 2. The average molecular weight is 301 g/mol. The summed E-state index contributed by atoms with van der Waals surface area (Å²) in [6.07, 6.45) is 1.71. The molecule has 0 fully saturated rings. The molecule has 0 aliphatic heterocycles. The first-order valence-electron chi connectivity index (χ1n) is 6.79. The molecule has 6 heteroatoms. The van der Waals surface area contributed by atoms with Crippen molar-refractivity contribution >= 4 is 11.7 Å². The Morgan fingerprint density at radius 1 is 1.32 bits per heavy atom. The van der Waals surface area contributed by atoms with Crippen molar-refractivity contribution < 1.29 is 14.6 Å². The van der Waals surface area contributed by atoms with Gasteiger partial charge < -0.3 is 20.1 Å². The number of nitrogens with one attached hydrogen (secondary N) is 1. The van der Waals surface area contributed by atoms with E-state index in [9.17, 15) is 9.90 Å². The summed E-state index contributed by atoms with van der Waals surface area (Å²) in [6, 6.07) is 8.57. The van der Waals surface area contributed by atoms with Crippen LogP contribution in [0.5, 0.6) is 11.5 Å². The molecule has 0 aliphatic rings. The molecule has 6 nitrogen and oxygen atoms in total. The van der Waals surface area contributed by atoms with Crippen molar-refractivity contribution in [3.63, 3.8) is 0 Å². The maximum atomic E-state index is 12.1. The number of anilines is 1. The lowest BCUT2D eigenvalue weighted by molar-refractivity contribution is 0.0947. The normalized spacial score (nSPS) is 10.1. The van der Waals surface area contributed by atoms with E-state index in [0.717, 1.165) is 11.4 Å². The number of para-hydroxylation sites is 1. The number of aromatic nitrogens is 1. The third-order valence-electron chi connectivity index (χ3n) is 3.18. The van der Waals surface area contributed by atoms with E-state index < -0.39 is 0 Å². The summed E-state index contributed by atoms with van der Waals surface area (Å²) in [6.45, 7) is 0.330. The monoisotopic (exact) mass is 301 g/mol. The highest BCUT2D eigenvalue weighted by Crippen LogP contribution is 2.29. The summed E-state index contributed by atoms with van der Waals surface area (Å²) in [4.78, 5) is 18.3. The molecule has 2 N–H and O–H groups in total. The Kier molecular flexibility index (Phi) is 4.83. The fourth-order valence-electron chi connectivity index (χ4n) is 1.93. The molecule has 22 heavy (non-hydrogen) atoms. The topological polar surface area (TPSA) is 74.7 Å². The van der Waals surface area contributed by atoms with E-state index in [2.05, 4.69) is 10.3 Å². The third kappa shape index (κ3) is 3.46. The van der Waals surface area contributed by atoms with Crippen LogP contribution in [-0.2, 0) is 6.54 Å². The van der Waals surface area contributed by atoms with Crippen LogP contribution in [0, 0.1) is 0 Å². The number of amides is 1. The second-order valence-electron chi connectivity index (χ2n) is 4.96. The van der Waals surface area contributed by atoms with Gasteiger partial charge in [-0.3, -0.25) is 4.79 Å². The van der Waals surface area contributed by atoms with Gasteiger partial charge in [0.2, 0.25) is 0 Å². The Bertz CT molecular complexity index is 654. The van der Waals surface area contributed by atoms with Gasteiger partial charge in [-0.05, 0) is 23.8 Å². The molecule has 0 atom stereocenters. The Balaban J connectivity index is 2.04. The van der Waals surface area contributed by atoms with Gasteiger partial charge >= 0.3 is 0 Å². The van der Waals surface area contributed by atoms with Crippen LogP contribution >= 0.6 is 0 Å². The van der Waals surface area contributed by atoms with Gasteiger partial charge in [0.15, 0.2) is 11.5 Å². The van der Waals surface area contributed by atoms with E-state index in [1.165, 1.54) is 7.11 Å². The van der Waals surface area contributed by atoms with Crippen molar-refractivity contribution in [1.29, 1.82) is 0 Å². The molecule has 0 unspecified atom stereocenters. The summed E-state index contributed by atoms with van der Waals surface area (Å²) in [5.41, 5.74) is 1.05. The molecule has 0 spiro atoms. The number of aromatic hydroxyl groups is 1. The number of phenolic OH excluding ortho intramolecular Hbond substituents is 1. The summed E-state index contributed by atoms with van der Waals surface area (Å²) >= 11 is 0. The molecule has 0 aliphatic carbocycles. The van der Waals surface area contributed by atoms with Crippen molar-refractivity contribution in [2.24, 2.45) is 0 Å². The number of methoxy groups -OCH3 is 1. The first-order valence-corrected chi connectivity index (χ1v) is 6.79. The first kappa shape index (κ1) is 15.6. The minimum Gasteiger partial charge on any atom is -0.504 e. The molecule has 1 aromatic carbocycles. The van der Waals surface area contributed by atoms with Crippen LogP contribution in [0.3, 0.4) is 0 Å². The SMILES string of the molecule is COc1cccc(C(=O)NCc2ccc(N(C)C)nc2)c1O. The lowest BCUT2D eigenvalue weighted by Crippen LogP contribution is -2.23. The lowest BCUT2D eigenvalue weighted by Gasteiger charge is -2.12. The minimum absolute atomic E-state index is 0.163. The zero-order valence-corrected chi connectivity index (χ0v) is 12.8. The highest BCUT2D eigenvalue weighted by atomic mass is 16.5. The molecule has 0 radical (unpaired) electrons. The quantitative estimate of drug-likeness (QED) is 0.880. The molecular formula is C16H19N3O3. The number of phenols is 1. The average Bonchev–Trinajstić information content (AvgIpc) is 2.53. The molecule has 2 rings (SSSR count). The summed E-state index contributed by atoms with van der Waals surface area (Å²) < 4.78 is 4.99. The predicted molar refractivity (Wildman–Crippen MR) is 84.4 cm³/mol. The minimum atomic E-state index is -0.368. The van der Waals surface area contributed by atoms with E-state index in [1.54, 1.807) is 24.4 Å². The van der Waals surface area contributed by atoms with Gasteiger partial charge in [0.05, 0.1) is 12.7 Å². The molecule has 2 aromatic rings. The van der Waals surface area contributed by atoms with E-state index >= 15 is 0 Å². The number of carbonyl (C=O) groups excluding carboxylic acids is 1. The molecule has 0 saturated carbocycles. The maximum absolute atomic E-state index is 12.1. The van der Waals surface area contributed by atoms with Gasteiger partial charge in [0.1, 0.15) is 5.82 Å². The van der Waals surface area contributed by atoms with Gasteiger partial charge in [0.25, 0.3) is 5.91 Å². The van der Waals surface area contributed by atoms with Crippen LogP contribution in [0.4, 0.5) is 5.82 Å². The molecule has 0 bridgehead atoms. The molecular weight excluding hydrogens is 282 g/mol. The predicted octanol–water partition coefficient (Wildman–Crippen LogP) is 1.79. The molecule has 1 amide bonds. The van der Waals surface area contributed by atoms with Gasteiger partial charge in [-0.1, -0.05) is 12.1 Å². The third-order valence-corrected chi connectivity index (χ3v) is 3.18. The Labute approximate surface area is 129 Å². The largest absolute Gasteiger partial charge is 0.504 e. The molecule has 1 aromatic heterocycles. The Hall–Kier alpha value is -2.76. The van der Waals surface area contributed by atoms with Crippen LogP contribution in [0.25, 0.3) is 0 Å². The van der Waals surface area contributed by atoms with Crippen molar-refractivity contribution in [2.75, 3.05) is 26.1 Å². The highest BCUT2D eigenvalue weighted by Gasteiger charge is 2.14. The van der Waals surface area contributed by atoms with Crippen LogP contribution in [0.1, 0.15) is 15.9 Å².